The van der Waals surface area contributed by atoms with Crippen molar-refractivity contribution in [2.75, 3.05) is 6.54 Å². The second-order valence-corrected chi connectivity index (χ2v) is 4.84. The monoisotopic (exact) mass is 195 g/mol. The highest BCUT2D eigenvalue weighted by Crippen LogP contribution is 2.35. The zero-order valence-electron chi connectivity index (χ0n) is 9.33. The van der Waals surface area contributed by atoms with Gasteiger partial charge >= 0.3 is 0 Å². The lowest BCUT2D eigenvalue weighted by Gasteiger charge is -2.37. The van der Waals surface area contributed by atoms with Gasteiger partial charge in [-0.15, -0.1) is 0 Å². The van der Waals surface area contributed by atoms with Crippen molar-refractivity contribution in [3.05, 3.63) is 0 Å². The molecule has 14 heavy (non-hydrogen) atoms. The summed E-state index contributed by atoms with van der Waals surface area (Å²) in [6, 6.07) is 1.30. The van der Waals surface area contributed by atoms with E-state index in [1.54, 1.807) is 0 Å². The molecule has 3 atom stereocenters. The lowest BCUT2D eigenvalue weighted by Crippen LogP contribution is -2.48. The molecule has 0 aromatic heterocycles. The Hall–Kier alpha value is -0.370. The molecular weight excluding hydrogens is 174 g/mol. The van der Waals surface area contributed by atoms with Crippen LogP contribution in [0.1, 0.15) is 46.0 Å². The highest BCUT2D eigenvalue weighted by atomic mass is 16.1. The third-order valence-corrected chi connectivity index (χ3v) is 3.97. The number of ketones is 1. The van der Waals surface area contributed by atoms with Gasteiger partial charge in [0, 0.05) is 31.0 Å². The molecule has 2 aliphatic heterocycles. The lowest BCUT2D eigenvalue weighted by atomic mass is 9.85. The van der Waals surface area contributed by atoms with Crippen LogP contribution < -0.4 is 0 Å². The first-order chi connectivity index (χ1) is 6.74. The molecule has 0 radical (unpaired) electrons. The van der Waals surface area contributed by atoms with Crippen LogP contribution in [0.25, 0.3) is 0 Å². The van der Waals surface area contributed by atoms with Crippen LogP contribution in [-0.4, -0.2) is 29.3 Å². The number of rotatable bonds is 2. The van der Waals surface area contributed by atoms with Crippen LogP contribution in [0.15, 0.2) is 0 Å². The van der Waals surface area contributed by atoms with Gasteiger partial charge in [-0.2, -0.15) is 0 Å². The van der Waals surface area contributed by atoms with Crippen LogP contribution in [-0.2, 0) is 4.79 Å². The highest BCUT2D eigenvalue weighted by molar-refractivity contribution is 5.82. The predicted octanol–water partition coefficient (Wildman–Crippen LogP) is 2.23. The molecule has 0 aliphatic carbocycles. The molecular formula is C12H21NO. The van der Waals surface area contributed by atoms with Crippen molar-refractivity contribution in [3.8, 4) is 0 Å². The summed E-state index contributed by atoms with van der Waals surface area (Å²) in [6.45, 7) is 5.51. The van der Waals surface area contributed by atoms with E-state index in [0.29, 0.717) is 23.8 Å². The maximum Gasteiger partial charge on any atom is 0.138 e. The van der Waals surface area contributed by atoms with Crippen LogP contribution in [0.5, 0.6) is 0 Å². The summed E-state index contributed by atoms with van der Waals surface area (Å²) in [5, 5.41) is 0. The number of Topliss-reactive ketones (excluding diaryl/α,β-unsaturated/α-hetero) is 1. The number of piperidine rings is 1. The maximum atomic E-state index is 11.8. The van der Waals surface area contributed by atoms with E-state index < -0.39 is 0 Å². The average Bonchev–Trinajstić information content (AvgIpc) is 2.53. The second-order valence-electron chi connectivity index (χ2n) is 4.84. The van der Waals surface area contributed by atoms with Crippen molar-refractivity contribution >= 4 is 5.78 Å². The van der Waals surface area contributed by atoms with Crippen LogP contribution in [0.2, 0.25) is 0 Å². The summed E-state index contributed by atoms with van der Waals surface area (Å²) in [5.41, 5.74) is 0. The largest absolute Gasteiger partial charge is 0.299 e. The molecule has 0 N–H and O–H groups in total. The Balaban J connectivity index is 2.09. The molecule has 3 unspecified atom stereocenters. The highest BCUT2D eigenvalue weighted by Gasteiger charge is 2.41. The number of carbonyl (C=O) groups excluding carboxylic acids is 1. The first-order valence-corrected chi connectivity index (χ1v) is 6.02. The van der Waals surface area contributed by atoms with Crippen molar-refractivity contribution in [3.63, 3.8) is 0 Å². The molecule has 80 valence electrons. The summed E-state index contributed by atoms with van der Waals surface area (Å²) >= 11 is 0. The smallest absolute Gasteiger partial charge is 0.138 e. The summed E-state index contributed by atoms with van der Waals surface area (Å²) in [6.07, 6.45) is 5.59. The van der Waals surface area contributed by atoms with E-state index in [-0.39, 0.29) is 0 Å². The van der Waals surface area contributed by atoms with Gasteiger partial charge < -0.3 is 0 Å². The Kier molecular flexibility index (Phi) is 2.91. The fourth-order valence-electron chi connectivity index (χ4n) is 3.19. The summed E-state index contributed by atoms with van der Waals surface area (Å²) in [5.74, 6) is 0.890. The van der Waals surface area contributed by atoms with E-state index in [0.717, 1.165) is 25.8 Å². The quantitative estimate of drug-likeness (QED) is 0.673. The molecule has 0 bridgehead atoms. The lowest BCUT2D eigenvalue weighted by molar-refractivity contribution is -0.128. The number of nitrogens with zero attached hydrogens (tertiary/aromatic N) is 1. The Morgan fingerprint density at radius 2 is 2.21 bits per heavy atom. The molecule has 0 amide bonds. The molecule has 2 rings (SSSR count). The molecule has 0 saturated carbocycles. The Morgan fingerprint density at radius 1 is 1.43 bits per heavy atom. The van der Waals surface area contributed by atoms with Crippen LogP contribution in [0.4, 0.5) is 0 Å². The third-order valence-electron chi connectivity index (χ3n) is 3.97. The SMILES string of the molecule is CCCC1C(=O)CCN2C(C)CCC12. The molecule has 2 aliphatic rings. The van der Waals surface area contributed by atoms with Gasteiger partial charge in [0.2, 0.25) is 0 Å². The standard InChI is InChI=1S/C12H21NO/c1-3-4-10-11-6-5-9(2)13(11)8-7-12(10)14/h9-11H,3-8H2,1-2H3. The molecule has 0 aromatic rings. The van der Waals surface area contributed by atoms with Gasteiger partial charge in [-0.05, 0) is 26.2 Å². The van der Waals surface area contributed by atoms with Gasteiger partial charge in [0.25, 0.3) is 0 Å². The van der Waals surface area contributed by atoms with Crippen molar-refractivity contribution in [1.29, 1.82) is 0 Å². The molecule has 2 heterocycles. The van der Waals surface area contributed by atoms with E-state index in [2.05, 4.69) is 18.7 Å². The average molecular weight is 195 g/mol. The zero-order valence-corrected chi connectivity index (χ0v) is 9.33. The molecule has 0 aromatic carbocycles. The van der Waals surface area contributed by atoms with Crippen LogP contribution in [0, 0.1) is 5.92 Å². The van der Waals surface area contributed by atoms with Gasteiger partial charge in [0.1, 0.15) is 5.78 Å². The Labute approximate surface area is 86.7 Å². The summed E-state index contributed by atoms with van der Waals surface area (Å²) in [4.78, 5) is 14.4. The summed E-state index contributed by atoms with van der Waals surface area (Å²) in [7, 11) is 0. The third kappa shape index (κ3) is 1.60. The molecule has 2 saturated heterocycles. The van der Waals surface area contributed by atoms with Gasteiger partial charge in [-0.1, -0.05) is 13.3 Å². The van der Waals surface area contributed by atoms with E-state index in [1.807, 2.05) is 0 Å². The first-order valence-electron chi connectivity index (χ1n) is 6.02. The van der Waals surface area contributed by atoms with Crippen molar-refractivity contribution in [1.82, 2.24) is 4.90 Å². The van der Waals surface area contributed by atoms with Crippen molar-refractivity contribution in [2.24, 2.45) is 5.92 Å². The minimum atomic E-state index is 0.360. The van der Waals surface area contributed by atoms with Gasteiger partial charge in [0.15, 0.2) is 0 Å². The van der Waals surface area contributed by atoms with Crippen LogP contribution in [0.3, 0.4) is 0 Å². The molecule has 0 spiro atoms. The zero-order chi connectivity index (χ0) is 10.1. The van der Waals surface area contributed by atoms with Crippen molar-refractivity contribution < 1.29 is 4.79 Å². The molecule has 2 heteroatoms. The topological polar surface area (TPSA) is 20.3 Å². The van der Waals surface area contributed by atoms with E-state index in [9.17, 15) is 4.79 Å². The number of hydrogen-bond acceptors (Lipinski definition) is 2. The normalized spacial score (nSPS) is 38.7. The number of carbonyl (C=O) groups is 1. The van der Waals surface area contributed by atoms with Gasteiger partial charge in [-0.25, -0.2) is 0 Å². The minimum Gasteiger partial charge on any atom is -0.299 e. The minimum absolute atomic E-state index is 0.360. The van der Waals surface area contributed by atoms with Crippen molar-refractivity contribution in [2.45, 2.75) is 58.0 Å². The molecule has 2 fully saturated rings. The van der Waals surface area contributed by atoms with Crippen LogP contribution >= 0.6 is 0 Å². The van der Waals surface area contributed by atoms with E-state index in [4.69, 9.17) is 0 Å². The number of fused-ring (bicyclic) bond motifs is 1. The Morgan fingerprint density at radius 3 is 2.93 bits per heavy atom. The first kappa shape index (κ1) is 10.2. The van der Waals surface area contributed by atoms with Gasteiger partial charge in [0.05, 0.1) is 0 Å². The van der Waals surface area contributed by atoms with Gasteiger partial charge in [-0.3, -0.25) is 9.69 Å². The van der Waals surface area contributed by atoms with E-state index >= 15 is 0 Å². The Bertz CT molecular complexity index is 226. The molecule has 2 nitrogen and oxygen atoms in total. The second kappa shape index (κ2) is 4.01. The predicted molar refractivity (Wildman–Crippen MR) is 57.2 cm³/mol. The fourth-order valence-corrected chi connectivity index (χ4v) is 3.19. The fraction of sp³-hybridized carbons (Fsp3) is 0.917. The summed E-state index contributed by atoms with van der Waals surface area (Å²) < 4.78 is 0. The maximum absolute atomic E-state index is 11.8. The number of hydrogen-bond donors (Lipinski definition) is 0. The van der Waals surface area contributed by atoms with E-state index in [1.165, 1.54) is 12.8 Å².